The highest BCUT2D eigenvalue weighted by Gasteiger charge is 2.49. The molecule has 2 rings (SSSR count). The van der Waals surface area contributed by atoms with Gasteiger partial charge >= 0.3 is 0 Å². The predicted octanol–water partition coefficient (Wildman–Crippen LogP) is 1.84. The third-order valence-electron chi connectivity index (χ3n) is 3.09. The molecule has 2 aliphatic rings. The maximum Gasteiger partial charge on any atom is 0.0871 e. The molecule has 12 heavy (non-hydrogen) atoms. The maximum atomic E-state index is 5.69. The van der Waals surface area contributed by atoms with E-state index in [0.717, 1.165) is 13.2 Å². The van der Waals surface area contributed by atoms with Gasteiger partial charge < -0.3 is 9.47 Å². The zero-order chi connectivity index (χ0) is 8.77. The van der Waals surface area contributed by atoms with Crippen LogP contribution in [0.4, 0.5) is 0 Å². The molecule has 0 aromatic rings. The largest absolute Gasteiger partial charge is 0.373 e. The summed E-state index contributed by atoms with van der Waals surface area (Å²) < 4.78 is 11.3. The van der Waals surface area contributed by atoms with Crippen molar-refractivity contribution in [1.29, 1.82) is 0 Å². The van der Waals surface area contributed by atoms with E-state index in [4.69, 9.17) is 9.47 Å². The van der Waals surface area contributed by atoms with Crippen LogP contribution in [0.2, 0.25) is 0 Å². The van der Waals surface area contributed by atoms with Crippen molar-refractivity contribution in [2.75, 3.05) is 13.2 Å². The van der Waals surface area contributed by atoms with Gasteiger partial charge in [-0.3, -0.25) is 0 Å². The van der Waals surface area contributed by atoms with E-state index < -0.39 is 0 Å². The lowest BCUT2D eigenvalue weighted by molar-refractivity contribution is -0.234. The van der Waals surface area contributed by atoms with Gasteiger partial charge in [-0.15, -0.1) is 0 Å². The lowest BCUT2D eigenvalue weighted by Crippen LogP contribution is -2.57. The highest BCUT2D eigenvalue weighted by molar-refractivity contribution is 4.98. The van der Waals surface area contributed by atoms with E-state index in [9.17, 15) is 0 Å². The number of hydrogen-bond donors (Lipinski definition) is 0. The van der Waals surface area contributed by atoms with Crippen molar-refractivity contribution in [3.63, 3.8) is 0 Å². The fraction of sp³-hybridized carbons (Fsp3) is 1.00. The molecule has 1 aliphatic heterocycles. The monoisotopic (exact) mass is 170 g/mol. The van der Waals surface area contributed by atoms with E-state index in [2.05, 4.69) is 20.8 Å². The Morgan fingerprint density at radius 3 is 2.33 bits per heavy atom. The van der Waals surface area contributed by atoms with E-state index in [1.54, 1.807) is 0 Å². The second-order valence-corrected chi connectivity index (χ2v) is 4.95. The van der Waals surface area contributed by atoms with E-state index in [1.165, 1.54) is 6.42 Å². The van der Waals surface area contributed by atoms with Gasteiger partial charge in [0.25, 0.3) is 0 Å². The second-order valence-electron chi connectivity index (χ2n) is 4.95. The van der Waals surface area contributed by atoms with Gasteiger partial charge in [-0.2, -0.15) is 0 Å². The molecule has 0 amide bonds. The van der Waals surface area contributed by atoms with Gasteiger partial charge in [0.1, 0.15) is 0 Å². The van der Waals surface area contributed by atoms with Gasteiger partial charge in [-0.25, -0.2) is 0 Å². The molecule has 2 heteroatoms. The smallest absolute Gasteiger partial charge is 0.0871 e. The minimum Gasteiger partial charge on any atom is -0.373 e. The Balaban J connectivity index is 1.97. The molecule has 1 heterocycles. The van der Waals surface area contributed by atoms with E-state index in [-0.39, 0.29) is 0 Å². The van der Waals surface area contributed by atoms with Gasteiger partial charge in [0.05, 0.1) is 25.4 Å². The summed E-state index contributed by atoms with van der Waals surface area (Å²) in [7, 11) is 0. The minimum absolute atomic E-state index is 0.377. The maximum absolute atomic E-state index is 5.69. The van der Waals surface area contributed by atoms with Crippen LogP contribution in [-0.2, 0) is 9.47 Å². The normalized spacial score (nSPS) is 41.8. The van der Waals surface area contributed by atoms with Crippen molar-refractivity contribution in [2.24, 2.45) is 11.3 Å². The van der Waals surface area contributed by atoms with Crippen LogP contribution in [0.25, 0.3) is 0 Å². The Kier molecular flexibility index (Phi) is 1.92. The lowest BCUT2D eigenvalue weighted by Gasteiger charge is -2.52. The summed E-state index contributed by atoms with van der Waals surface area (Å²) in [6.45, 7) is 8.43. The molecule has 3 unspecified atom stereocenters. The Morgan fingerprint density at radius 2 is 1.75 bits per heavy atom. The SMILES string of the molecule is CC(C)(C)C1CC2OCCOC21. The Labute approximate surface area is 74.2 Å². The molecule has 70 valence electrons. The summed E-state index contributed by atoms with van der Waals surface area (Å²) in [6.07, 6.45) is 1.98. The molecule has 2 nitrogen and oxygen atoms in total. The zero-order valence-corrected chi connectivity index (χ0v) is 8.17. The third kappa shape index (κ3) is 1.27. The summed E-state index contributed by atoms with van der Waals surface area (Å²) in [6, 6.07) is 0. The fourth-order valence-corrected chi connectivity index (χ4v) is 2.20. The van der Waals surface area contributed by atoms with Crippen LogP contribution < -0.4 is 0 Å². The molecule has 0 aromatic heterocycles. The first-order valence-corrected chi connectivity index (χ1v) is 4.82. The van der Waals surface area contributed by atoms with Gasteiger partial charge in [-0.05, 0) is 17.8 Å². The molecule has 0 aromatic carbocycles. The summed E-state index contributed by atoms with van der Waals surface area (Å²) >= 11 is 0. The topological polar surface area (TPSA) is 18.5 Å². The Morgan fingerprint density at radius 1 is 1.08 bits per heavy atom. The number of rotatable bonds is 0. The third-order valence-corrected chi connectivity index (χ3v) is 3.09. The Bertz CT molecular complexity index is 171. The van der Waals surface area contributed by atoms with E-state index in [0.29, 0.717) is 23.5 Å². The molecule has 0 spiro atoms. The fourth-order valence-electron chi connectivity index (χ4n) is 2.20. The van der Waals surface area contributed by atoms with Crippen molar-refractivity contribution < 1.29 is 9.47 Å². The predicted molar refractivity (Wildman–Crippen MR) is 47.0 cm³/mol. The minimum atomic E-state index is 0.377. The molecule has 1 saturated heterocycles. The first kappa shape index (κ1) is 8.52. The van der Waals surface area contributed by atoms with Crippen molar-refractivity contribution in [2.45, 2.75) is 39.4 Å². The highest BCUT2D eigenvalue weighted by atomic mass is 16.6. The molecule has 0 radical (unpaired) electrons. The van der Waals surface area contributed by atoms with Crippen LogP contribution in [0.3, 0.4) is 0 Å². The summed E-state index contributed by atoms with van der Waals surface area (Å²) in [5, 5.41) is 0. The van der Waals surface area contributed by atoms with E-state index >= 15 is 0 Å². The molecular formula is C10H18O2. The lowest BCUT2D eigenvalue weighted by atomic mass is 9.64. The van der Waals surface area contributed by atoms with E-state index in [1.807, 2.05) is 0 Å². The van der Waals surface area contributed by atoms with Crippen molar-refractivity contribution in [1.82, 2.24) is 0 Å². The van der Waals surface area contributed by atoms with Crippen LogP contribution in [-0.4, -0.2) is 25.4 Å². The Hall–Kier alpha value is -0.0800. The standard InChI is InChI=1S/C10H18O2/c1-10(2,3)7-6-8-9(7)12-5-4-11-8/h7-9H,4-6H2,1-3H3. The van der Waals surface area contributed by atoms with Crippen LogP contribution in [0.1, 0.15) is 27.2 Å². The number of ether oxygens (including phenoxy) is 2. The summed E-state index contributed by atoms with van der Waals surface area (Å²) in [5.74, 6) is 0.697. The van der Waals surface area contributed by atoms with Crippen molar-refractivity contribution in [3.8, 4) is 0 Å². The number of fused-ring (bicyclic) bond motifs is 1. The zero-order valence-electron chi connectivity index (χ0n) is 8.17. The summed E-state index contributed by atoms with van der Waals surface area (Å²) in [5.41, 5.74) is 0.377. The van der Waals surface area contributed by atoms with Gasteiger partial charge in [0, 0.05) is 0 Å². The second kappa shape index (κ2) is 2.71. The average molecular weight is 170 g/mol. The van der Waals surface area contributed by atoms with Gasteiger partial charge in [0.15, 0.2) is 0 Å². The number of hydrogen-bond acceptors (Lipinski definition) is 2. The average Bonchev–Trinajstić information content (AvgIpc) is 1.88. The van der Waals surface area contributed by atoms with Crippen LogP contribution in [0.5, 0.6) is 0 Å². The van der Waals surface area contributed by atoms with Crippen LogP contribution in [0.15, 0.2) is 0 Å². The molecule has 3 atom stereocenters. The summed E-state index contributed by atoms with van der Waals surface area (Å²) in [4.78, 5) is 0. The molecular weight excluding hydrogens is 152 g/mol. The molecule has 1 aliphatic carbocycles. The molecule has 0 N–H and O–H groups in total. The van der Waals surface area contributed by atoms with Gasteiger partial charge in [-0.1, -0.05) is 20.8 Å². The molecule has 1 saturated carbocycles. The van der Waals surface area contributed by atoms with Crippen LogP contribution in [0, 0.1) is 11.3 Å². The van der Waals surface area contributed by atoms with Crippen molar-refractivity contribution in [3.05, 3.63) is 0 Å². The van der Waals surface area contributed by atoms with Crippen molar-refractivity contribution >= 4 is 0 Å². The highest BCUT2D eigenvalue weighted by Crippen LogP contribution is 2.45. The van der Waals surface area contributed by atoms with Crippen LogP contribution >= 0.6 is 0 Å². The quantitative estimate of drug-likeness (QED) is 0.552. The first-order valence-electron chi connectivity index (χ1n) is 4.82. The molecule has 0 bridgehead atoms. The first-order chi connectivity index (χ1) is 5.59. The molecule has 2 fully saturated rings. The van der Waals surface area contributed by atoms with Gasteiger partial charge in [0.2, 0.25) is 0 Å².